The van der Waals surface area contributed by atoms with Gasteiger partial charge in [-0.05, 0) is 51.1 Å². The molecule has 0 saturated carbocycles. The van der Waals surface area contributed by atoms with Crippen molar-refractivity contribution < 1.29 is 5.11 Å². The summed E-state index contributed by atoms with van der Waals surface area (Å²) in [5.41, 5.74) is 7.63. The number of benzene rings is 1. The van der Waals surface area contributed by atoms with Crippen LogP contribution in [0.2, 0.25) is 0 Å². The minimum atomic E-state index is 0.0499. The van der Waals surface area contributed by atoms with Gasteiger partial charge in [0.2, 0.25) is 0 Å². The van der Waals surface area contributed by atoms with E-state index in [4.69, 9.17) is 10.8 Å². The Morgan fingerprint density at radius 2 is 2.31 bits per heavy atom. The molecule has 68 valence electrons. The third-order valence-electron chi connectivity index (χ3n) is 1.96. The largest absolute Gasteiger partial charge is 0.397 e. The van der Waals surface area contributed by atoms with Crippen LogP contribution in [0.15, 0.2) is 17.5 Å². The lowest BCUT2D eigenvalue weighted by Crippen LogP contribution is -1.95. The zero-order valence-corrected chi connectivity index (χ0v) is 9.72. The zero-order valence-electron chi connectivity index (χ0n) is 6.75. The molecule has 0 fully saturated rings. The van der Waals surface area contributed by atoms with Crippen LogP contribution in [0.5, 0.6) is 0 Å². The van der Waals surface area contributed by atoms with E-state index in [2.05, 4.69) is 22.6 Å². The second kappa shape index (κ2) is 3.43. The molecule has 13 heavy (non-hydrogen) atoms. The van der Waals surface area contributed by atoms with Crippen molar-refractivity contribution in [3.8, 4) is 0 Å². The normalized spacial score (nSPS) is 10.9. The molecule has 0 unspecified atom stereocenters. The van der Waals surface area contributed by atoms with Crippen molar-refractivity contribution in [1.82, 2.24) is 0 Å². The summed E-state index contributed by atoms with van der Waals surface area (Å²) < 4.78 is 2.08. The SMILES string of the molecule is Nc1c(I)c(CO)cc2ccsc12. The standard InChI is InChI=1S/C9H8INOS/c10-7-6(4-12)3-5-1-2-13-9(5)8(7)11/h1-3,12H,4,11H2. The van der Waals surface area contributed by atoms with Crippen LogP contribution in [0.3, 0.4) is 0 Å². The van der Waals surface area contributed by atoms with Crippen molar-refractivity contribution in [2.75, 3.05) is 5.73 Å². The average Bonchev–Trinajstić information content (AvgIpc) is 2.59. The first kappa shape index (κ1) is 9.23. The molecule has 0 aliphatic heterocycles. The lowest BCUT2D eigenvalue weighted by atomic mass is 10.1. The highest BCUT2D eigenvalue weighted by Crippen LogP contribution is 2.33. The highest BCUT2D eigenvalue weighted by Gasteiger charge is 2.08. The summed E-state index contributed by atoms with van der Waals surface area (Å²) in [4.78, 5) is 0. The Balaban J connectivity index is 2.83. The smallest absolute Gasteiger partial charge is 0.0693 e. The number of rotatable bonds is 1. The molecule has 1 heterocycles. The van der Waals surface area contributed by atoms with Crippen molar-refractivity contribution in [3.05, 3.63) is 26.6 Å². The number of anilines is 1. The second-order valence-electron chi connectivity index (χ2n) is 2.76. The summed E-state index contributed by atoms with van der Waals surface area (Å²) in [6.45, 7) is 0.0499. The lowest BCUT2D eigenvalue weighted by molar-refractivity contribution is 0.281. The number of nitrogens with two attached hydrogens (primary N) is 1. The molecule has 0 bridgehead atoms. The van der Waals surface area contributed by atoms with Crippen LogP contribution in [0, 0.1) is 3.57 Å². The Morgan fingerprint density at radius 1 is 1.54 bits per heavy atom. The fourth-order valence-electron chi connectivity index (χ4n) is 1.29. The fraction of sp³-hybridized carbons (Fsp3) is 0.111. The molecule has 0 saturated heterocycles. The van der Waals surface area contributed by atoms with Gasteiger partial charge in [0.25, 0.3) is 0 Å². The van der Waals surface area contributed by atoms with E-state index in [-0.39, 0.29) is 6.61 Å². The number of aliphatic hydroxyl groups is 1. The maximum absolute atomic E-state index is 9.08. The van der Waals surface area contributed by atoms with E-state index >= 15 is 0 Å². The van der Waals surface area contributed by atoms with Gasteiger partial charge < -0.3 is 10.8 Å². The summed E-state index contributed by atoms with van der Waals surface area (Å²) >= 11 is 3.81. The van der Waals surface area contributed by atoms with Gasteiger partial charge >= 0.3 is 0 Å². The van der Waals surface area contributed by atoms with Crippen molar-refractivity contribution >= 4 is 49.7 Å². The van der Waals surface area contributed by atoms with Crippen LogP contribution in [-0.4, -0.2) is 5.11 Å². The first-order chi connectivity index (χ1) is 6.24. The van der Waals surface area contributed by atoms with Crippen LogP contribution in [-0.2, 0) is 6.61 Å². The van der Waals surface area contributed by atoms with Gasteiger partial charge in [0, 0.05) is 3.57 Å². The number of nitrogen functional groups attached to an aromatic ring is 1. The van der Waals surface area contributed by atoms with E-state index in [1.807, 2.05) is 17.5 Å². The minimum Gasteiger partial charge on any atom is -0.397 e. The van der Waals surface area contributed by atoms with E-state index in [0.717, 1.165) is 24.9 Å². The van der Waals surface area contributed by atoms with Gasteiger partial charge in [0.1, 0.15) is 0 Å². The topological polar surface area (TPSA) is 46.2 Å². The molecule has 0 spiro atoms. The van der Waals surface area contributed by atoms with Crippen LogP contribution < -0.4 is 5.73 Å². The molecule has 1 aromatic carbocycles. The van der Waals surface area contributed by atoms with Crippen LogP contribution in [0.4, 0.5) is 5.69 Å². The molecule has 1 aromatic heterocycles. The third kappa shape index (κ3) is 1.43. The van der Waals surface area contributed by atoms with E-state index in [1.54, 1.807) is 11.3 Å². The first-order valence-corrected chi connectivity index (χ1v) is 5.75. The molecule has 0 atom stereocenters. The van der Waals surface area contributed by atoms with Crippen LogP contribution >= 0.6 is 33.9 Å². The highest BCUT2D eigenvalue weighted by atomic mass is 127. The fourth-order valence-corrected chi connectivity index (χ4v) is 2.91. The molecule has 2 nitrogen and oxygen atoms in total. The monoisotopic (exact) mass is 305 g/mol. The molecular weight excluding hydrogens is 297 g/mol. The summed E-state index contributed by atoms with van der Waals surface area (Å²) in [6, 6.07) is 4.01. The number of halogens is 1. The number of aliphatic hydroxyl groups excluding tert-OH is 1. The molecule has 0 amide bonds. The molecule has 0 aliphatic rings. The Morgan fingerprint density at radius 3 is 3.00 bits per heavy atom. The number of thiophene rings is 1. The van der Waals surface area contributed by atoms with Crippen molar-refractivity contribution in [3.63, 3.8) is 0 Å². The van der Waals surface area contributed by atoms with Crippen molar-refractivity contribution in [1.29, 1.82) is 0 Å². The maximum atomic E-state index is 9.08. The molecule has 0 aliphatic carbocycles. The second-order valence-corrected chi connectivity index (χ2v) is 4.76. The third-order valence-corrected chi connectivity index (χ3v) is 4.20. The van der Waals surface area contributed by atoms with Gasteiger partial charge in [-0.1, -0.05) is 0 Å². The Kier molecular flexibility index (Phi) is 2.44. The van der Waals surface area contributed by atoms with Crippen molar-refractivity contribution in [2.24, 2.45) is 0 Å². The zero-order chi connectivity index (χ0) is 9.42. The molecule has 0 radical (unpaired) electrons. The minimum absolute atomic E-state index is 0.0499. The summed E-state index contributed by atoms with van der Waals surface area (Å²) in [5.74, 6) is 0. The molecule has 3 N–H and O–H groups in total. The molecular formula is C9H8INOS. The van der Waals surface area contributed by atoms with Gasteiger partial charge in [-0.25, -0.2) is 0 Å². The highest BCUT2D eigenvalue weighted by molar-refractivity contribution is 14.1. The van der Waals surface area contributed by atoms with Gasteiger partial charge in [-0.15, -0.1) is 11.3 Å². The van der Waals surface area contributed by atoms with Crippen LogP contribution in [0.1, 0.15) is 5.56 Å². The molecule has 2 aromatic rings. The van der Waals surface area contributed by atoms with E-state index in [1.165, 1.54) is 0 Å². The molecule has 2 rings (SSSR count). The molecule has 4 heteroatoms. The lowest BCUT2D eigenvalue weighted by Gasteiger charge is -2.05. The predicted molar refractivity (Wildman–Crippen MR) is 64.9 cm³/mol. The first-order valence-electron chi connectivity index (χ1n) is 3.79. The summed E-state index contributed by atoms with van der Waals surface area (Å²) in [5, 5.41) is 12.2. The van der Waals surface area contributed by atoms with Gasteiger partial charge in [0.15, 0.2) is 0 Å². The van der Waals surface area contributed by atoms with Crippen LogP contribution in [0.25, 0.3) is 10.1 Å². The van der Waals surface area contributed by atoms with Gasteiger partial charge in [-0.3, -0.25) is 0 Å². The number of fused-ring (bicyclic) bond motifs is 1. The Bertz CT molecular complexity index is 452. The Hall–Kier alpha value is -0.330. The predicted octanol–water partition coefficient (Wildman–Crippen LogP) is 2.58. The van der Waals surface area contributed by atoms with Crippen molar-refractivity contribution in [2.45, 2.75) is 6.61 Å². The Labute approximate surface area is 93.5 Å². The number of hydrogen-bond acceptors (Lipinski definition) is 3. The van der Waals surface area contributed by atoms with Gasteiger partial charge in [0.05, 0.1) is 17.0 Å². The quantitative estimate of drug-likeness (QED) is 0.628. The van der Waals surface area contributed by atoms with E-state index in [9.17, 15) is 0 Å². The summed E-state index contributed by atoms with van der Waals surface area (Å²) in [7, 11) is 0. The van der Waals surface area contributed by atoms with E-state index < -0.39 is 0 Å². The van der Waals surface area contributed by atoms with Gasteiger partial charge in [-0.2, -0.15) is 0 Å². The summed E-state index contributed by atoms with van der Waals surface area (Å²) in [6.07, 6.45) is 0. The number of hydrogen-bond donors (Lipinski definition) is 2. The average molecular weight is 305 g/mol. The maximum Gasteiger partial charge on any atom is 0.0693 e. The van der Waals surface area contributed by atoms with E-state index in [0.29, 0.717) is 0 Å².